The fraction of sp³-hybridized carbons (Fsp3) is 0.222. The van der Waals surface area contributed by atoms with Crippen molar-refractivity contribution in [1.29, 1.82) is 0 Å². The zero-order chi connectivity index (χ0) is 10.9. The molecule has 76 valence electrons. The Bertz CT molecular complexity index is 379. The summed E-state index contributed by atoms with van der Waals surface area (Å²) < 4.78 is 25.3. The first kappa shape index (κ1) is 11.6. The van der Waals surface area contributed by atoms with Gasteiger partial charge in [-0.05, 0) is 19.1 Å². The second kappa shape index (κ2) is 4.36. The van der Waals surface area contributed by atoms with E-state index in [1.807, 2.05) is 0 Å². The summed E-state index contributed by atoms with van der Waals surface area (Å²) in [6.07, 6.45) is -2.68. The quantitative estimate of drug-likeness (QED) is 0.742. The molecule has 0 atom stereocenters. The molecule has 0 fully saturated rings. The average molecular weight is 283 g/mol. The van der Waals surface area contributed by atoms with E-state index >= 15 is 0 Å². The highest BCUT2D eigenvalue weighted by molar-refractivity contribution is 9.10. The van der Waals surface area contributed by atoms with Gasteiger partial charge in [-0.25, -0.2) is 8.78 Å². The third-order valence-electron chi connectivity index (χ3n) is 1.68. The van der Waals surface area contributed by atoms with Gasteiger partial charge in [0, 0.05) is 15.6 Å². The molecule has 0 saturated heterocycles. The van der Waals surface area contributed by atoms with E-state index in [1.165, 1.54) is 19.1 Å². The van der Waals surface area contributed by atoms with Gasteiger partial charge in [0.1, 0.15) is 0 Å². The second-order valence-corrected chi connectivity index (χ2v) is 4.01. The maximum atomic E-state index is 12.4. The molecule has 0 unspecified atom stereocenters. The minimum atomic E-state index is -2.68. The Labute approximate surface area is 93.2 Å². The van der Waals surface area contributed by atoms with Gasteiger partial charge in [-0.1, -0.05) is 27.5 Å². The largest absolute Gasteiger partial charge is 0.294 e. The van der Waals surface area contributed by atoms with Gasteiger partial charge >= 0.3 is 0 Å². The lowest BCUT2D eigenvalue weighted by Crippen LogP contribution is -1.98. The number of hydrogen-bond acceptors (Lipinski definition) is 1. The van der Waals surface area contributed by atoms with Gasteiger partial charge in [0.05, 0.1) is 5.02 Å². The molecule has 0 saturated carbocycles. The summed E-state index contributed by atoms with van der Waals surface area (Å²) in [7, 11) is 0. The first-order chi connectivity index (χ1) is 6.43. The zero-order valence-corrected chi connectivity index (χ0v) is 9.49. The lowest BCUT2D eigenvalue weighted by Gasteiger charge is -2.07. The number of ketones is 1. The molecule has 0 aliphatic carbocycles. The predicted octanol–water partition coefficient (Wildman–Crippen LogP) is 4.24. The highest BCUT2D eigenvalue weighted by Gasteiger charge is 2.17. The van der Waals surface area contributed by atoms with Gasteiger partial charge in [-0.15, -0.1) is 0 Å². The van der Waals surface area contributed by atoms with Crippen LogP contribution in [0.15, 0.2) is 16.6 Å². The van der Waals surface area contributed by atoms with Crippen molar-refractivity contribution in [3.05, 3.63) is 32.8 Å². The van der Waals surface area contributed by atoms with Crippen LogP contribution in [-0.4, -0.2) is 5.78 Å². The SMILES string of the molecule is CC(=O)c1cc(Br)cc(C(F)F)c1Cl. The molecule has 0 aromatic heterocycles. The van der Waals surface area contributed by atoms with Crippen molar-refractivity contribution in [2.45, 2.75) is 13.3 Å². The molecule has 0 bridgehead atoms. The van der Waals surface area contributed by atoms with Gasteiger partial charge < -0.3 is 0 Å². The van der Waals surface area contributed by atoms with E-state index < -0.39 is 6.43 Å². The molecular formula is C9H6BrClF2O. The average Bonchev–Trinajstić information content (AvgIpc) is 2.07. The molecule has 1 rings (SSSR count). The number of alkyl halides is 2. The van der Waals surface area contributed by atoms with Gasteiger partial charge in [0.2, 0.25) is 0 Å². The number of benzene rings is 1. The van der Waals surface area contributed by atoms with Gasteiger partial charge in [-0.2, -0.15) is 0 Å². The minimum Gasteiger partial charge on any atom is -0.294 e. The minimum absolute atomic E-state index is 0.108. The van der Waals surface area contributed by atoms with Crippen LogP contribution in [0.2, 0.25) is 5.02 Å². The number of hydrogen-bond donors (Lipinski definition) is 0. The van der Waals surface area contributed by atoms with Crippen molar-refractivity contribution in [2.24, 2.45) is 0 Å². The van der Waals surface area contributed by atoms with E-state index in [4.69, 9.17) is 11.6 Å². The maximum absolute atomic E-state index is 12.4. The Hall–Kier alpha value is -0.480. The topological polar surface area (TPSA) is 17.1 Å². The standard InChI is InChI=1S/C9H6BrClF2O/c1-4(14)6-2-5(10)3-7(8(6)11)9(12)13/h2-3,9H,1H3. The summed E-state index contributed by atoms with van der Waals surface area (Å²) in [4.78, 5) is 11.0. The van der Waals surface area contributed by atoms with Crippen LogP contribution in [0.3, 0.4) is 0 Å². The maximum Gasteiger partial charge on any atom is 0.265 e. The van der Waals surface area contributed by atoms with Gasteiger partial charge in [-0.3, -0.25) is 4.79 Å². The molecule has 0 aliphatic rings. The first-order valence-corrected chi connectivity index (χ1v) is 4.88. The summed E-state index contributed by atoms with van der Waals surface area (Å²) in [5.74, 6) is -0.335. The van der Waals surface area contributed by atoms with E-state index in [1.54, 1.807) is 0 Å². The van der Waals surface area contributed by atoms with Crippen molar-refractivity contribution in [2.75, 3.05) is 0 Å². The smallest absolute Gasteiger partial charge is 0.265 e. The second-order valence-electron chi connectivity index (χ2n) is 2.71. The lowest BCUT2D eigenvalue weighted by molar-refractivity contribution is 0.101. The highest BCUT2D eigenvalue weighted by Crippen LogP contribution is 2.33. The van der Waals surface area contributed by atoms with Crippen LogP contribution in [0.5, 0.6) is 0 Å². The molecule has 1 nitrogen and oxygen atoms in total. The van der Waals surface area contributed by atoms with Crippen LogP contribution in [0.25, 0.3) is 0 Å². The molecular weight excluding hydrogens is 277 g/mol. The molecule has 1 aromatic rings. The van der Waals surface area contributed by atoms with Crippen molar-refractivity contribution < 1.29 is 13.6 Å². The molecule has 0 amide bonds. The van der Waals surface area contributed by atoms with Crippen molar-refractivity contribution in [3.8, 4) is 0 Å². The molecule has 0 N–H and O–H groups in total. The zero-order valence-electron chi connectivity index (χ0n) is 7.15. The molecule has 0 spiro atoms. The Balaban J connectivity index is 3.40. The monoisotopic (exact) mass is 282 g/mol. The third kappa shape index (κ3) is 2.30. The Morgan fingerprint density at radius 1 is 1.50 bits per heavy atom. The number of Topliss-reactive ketones (excluding diaryl/α,β-unsaturated/α-hetero) is 1. The predicted molar refractivity (Wildman–Crippen MR) is 54.1 cm³/mol. The fourth-order valence-corrected chi connectivity index (χ4v) is 1.83. The Morgan fingerprint density at radius 3 is 2.50 bits per heavy atom. The van der Waals surface area contributed by atoms with E-state index in [-0.39, 0.29) is 21.9 Å². The summed E-state index contributed by atoms with van der Waals surface area (Å²) in [5.41, 5.74) is -0.220. The molecule has 0 radical (unpaired) electrons. The number of halogens is 4. The van der Waals surface area contributed by atoms with Crippen LogP contribution in [-0.2, 0) is 0 Å². The summed E-state index contributed by atoms with van der Waals surface area (Å²) >= 11 is 8.69. The Kier molecular flexibility index (Phi) is 3.61. The lowest BCUT2D eigenvalue weighted by atomic mass is 10.1. The highest BCUT2D eigenvalue weighted by atomic mass is 79.9. The van der Waals surface area contributed by atoms with Crippen molar-refractivity contribution >= 4 is 33.3 Å². The van der Waals surface area contributed by atoms with Crippen LogP contribution >= 0.6 is 27.5 Å². The fourth-order valence-electron chi connectivity index (χ4n) is 1.03. The number of rotatable bonds is 2. The van der Waals surface area contributed by atoms with Gasteiger partial charge in [0.25, 0.3) is 6.43 Å². The van der Waals surface area contributed by atoms with Crippen LogP contribution in [0.1, 0.15) is 29.3 Å². The van der Waals surface area contributed by atoms with Crippen LogP contribution in [0.4, 0.5) is 8.78 Å². The number of carbonyl (C=O) groups is 1. The van der Waals surface area contributed by atoms with Crippen LogP contribution < -0.4 is 0 Å². The Morgan fingerprint density at radius 2 is 2.07 bits per heavy atom. The third-order valence-corrected chi connectivity index (χ3v) is 2.56. The molecule has 5 heteroatoms. The molecule has 0 heterocycles. The molecule has 0 aliphatic heterocycles. The van der Waals surface area contributed by atoms with Gasteiger partial charge in [0.15, 0.2) is 5.78 Å². The molecule has 14 heavy (non-hydrogen) atoms. The first-order valence-electron chi connectivity index (χ1n) is 3.71. The van der Waals surface area contributed by atoms with E-state index in [2.05, 4.69) is 15.9 Å². The van der Waals surface area contributed by atoms with Crippen molar-refractivity contribution in [1.82, 2.24) is 0 Å². The number of carbonyl (C=O) groups excluding carboxylic acids is 1. The summed E-state index contributed by atoms with van der Waals surface area (Å²) in [6.45, 7) is 1.28. The summed E-state index contributed by atoms with van der Waals surface area (Å²) in [6, 6.07) is 2.63. The molecule has 1 aromatic carbocycles. The van der Waals surface area contributed by atoms with E-state index in [0.717, 1.165) is 0 Å². The summed E-state index contributed by atoms with van der Waals surface area (Å²) in [5, 5.41) is -0.171. The van der Waals surface area contributed by atoms with Crippen molar-refractivity contribution in [3.63, 3.8) is 0 Å². The van der Waals surface area contributed by atoms with E-state index in [9.17, 15) is 13.6 Å². The van der Waals surface area contributed by atoms with E-state index in [0.29, 0.717) is 4.47 Å². The van der Waals surface area contributed by atoms with Crippen LogP contribution in [0, 0.1) is 0 Å². The normalized spacial score (nSPS) is 10.7.